The number of ether oxygens (including phenoxy) is 4. The lowest BCUT2D eigenvalue weighted by molar-refractivity contribution is 0.323. The quantitative estimate of drug-likeness (QED) is 0.591. The van der Waals surface area contributed by atoms with Gasteiger partial charge in [0.15, 0.2) is 11.5 Å². The molecule has 0 saturated heterocycles. The van der Waals surface area contributed by atoms with E-state index in [1.807, 2.05) is 0 Å². The third kappa shape index (κ3) is 3.04. The molecule has 9 heteroatoms. The predicted octanol–water partition coefficient (Wildman–Crippen LogP) is 3.05. The maximum atomic E-state index is 11.8. The highest BCUT2D eigenvalue weighted by molar-refractivity contribution is 5.91. The van der Waals surface area contributed by atoms with Crippen LogP contribution in [0.2, 0.25) is 0 Å². The second kappa shape index (κ2) is 7.74. The van der Waals surface area contributed by atoms with Crippen LogP contribution in [-0.4, -0.2) is 26.4 Å². The zero-order chi connectivity index (χ0) is 23.2. The lowest BCUT2D eigenvalue weighted by atomic mass is 9.81. The molecule has 3 aromatic rings. The Bertz CT molecular complexity index is 1360. The van der Waals surface area contributed by atoms with Gasteiger partial charge in [0, 0.05) is 12.1 Å². The molecule has 164 valence electrons. The predicted molar refractivity (Wildman–Crippen MR) is 114 cm³/mol. The molecule has 1 aliphatic rings. The molecule has 0 saturated carbocycles. The van der Waals surface area contributed by atoms with E-state index in [0.717, 1.165) is 0 Å². The molecule has 2 heterocycles. The van der Waals surface area contributed by atoms with Crippen LogP contribution in [0.5, 0.6) is 28.7 Å². The number of nitrogens with zero attached hydrogens (tertiary/aromatic N) is 1. The van der Waals surface area contributed by atoms with Crippen LogP contribution in [0.15, 0.2) is 44.9 Å². The number of methoxy groups -OCH3 is 3. The van der Waals surface area contributed by atoms with Crippen LogP contribution >= 0.6 is 0 Å². The van der Waals surface area contributed by atoms with E-state index in [1.54, 1.807) is 19.1 Å². The number of hydrogen-bond donors (Lipinski definition) is 2. The molecular weight excluding hydrogens is 416 g/mol. The molecule has 0 radical (unpaired) electrons. The summed E-state index contributed by atoms with van der Waals surface area (Å²) in [7, 11) is 4.44. The Balaban J connectivity index is 2.10. The van der Waals surface area contributed by atoms with E-state index >= 15 is 0 Å². The third-order valence-electron chi connectivity index (χ3n) is 5.40. The summed E-state index contributed by atoms with van der Waals surface area (Å²) >= 11 is 0. The van der Waals surface area contributed by atoms with Gasteiger partial charge in [-0.05, 0) is 30.2 Å². The fraction of sp³-hybridized carbons (Fsp3) is 0.217. The maximum Gasteiger partial charge on any atom is 0.336 e. The third-order valence-corrected chi connectivity index (χ3v) is 5.40. The van der Waals surface area contributed by atoms with Gasteiger partial charge in [0.25, 0.3) is 0 Å². The number of phenolic OH excluding ortho intramolecular Hbond substituents is 1. The number of benzene rings is 2. The van der Waals surface area contributed by atoms with Crippen molar-refractivity contribution in [3.05, 3.63) is 62.8 Å². The molecule has 0 unspecified atom stereocenters. The molecule has 1 aliphatic heterocycles. The first-order chi connectivity index (χ1) is 15.3. The Morgan fingerprint density at radius 1 is 1.09 bits per heavy atom. The van der Waals surface area contributed by atoms with Crippen LogP contribution in [0.4, 0.5) is 0 Å². The Morgan fingerprint density at radius 2 is 1.75 bits per heavy atom. The van der Waals surface area contributed by atoms with Gasteiger partial charge in [0.1, 0.15) is 28.7 Å². The molecule has 1 atom stereocenters. The standard InChI is InChI=1S/C23H20N2O7/c1-10-5-17(27)31-14-8-13(26)20-19(12(9-24)23(25)32-22(20)18(10)14)11-6-15(28-2)21(30-4)16(7-11)29-3/h5-8,19,26H,25H2,1-4H3/t19-/m0/s1. The Kier molecular flexibility index (Phi) is 5.06. The van der Waals surface area contributed by atoms with E-state index in [1.165, 1.54) is 33.5 Å². The van der Waals surface area contributed by atoms with Gasteiger partial charge in [-0.15, -0.1) is 0 Å². The zero-order valence-corrected chi connectivity index (χ0v) is 17.8. The van der Waals surface area contributed by atoms with Gasteiger partial charge in [-0.2, -0.15) is 5.26 Å². The summed E-state index contributed by atoms with van der Waals surface area (Å²) < 4.78 is 27.3. The van der Waals surface area contributed by atoms with Crippen molar-refractivity contribution in [2.45, 2.75) is 12.8 Å². The van der Waals surface area contributed by atoms with Crippen molar-refractivity contribution in [3.8, 4) is 34.8 Å². The van der Waals surface area contributed by atoms with E-state index in [-0.39, 0.29) is 28.5 Å². The van der Waals surface area contributed by atoms with Crippen molar-refractivity contribution in [2.24, 2.45) is 5.73 Å². The van der Waals surface area contributed by atoms with Crippen molar-refractivity contribution in [1.82, 2.24) is 0 Å². The van der Waals surface area contributed by atoms with Crippen molar-refractivity contribution in [1.29, 1.82) is 5.26 Å². The van der Waals surface area contributed by atoms with Gasteiger partial charge >= 0.3 is 5.63 Å². The molecule has 0 amide bonds. The smallest absolute Gasteiger partial charge is 0.336 e. The van der Waals surface area contributed by atoms with E-state index in [2.05, 4.69) is 6.07 Å². The Labute approximate surface area is 182 Å². The molecule has 2 aromatic carbocycles. The number of fused-ring (bicyclic) bond motifs is 3. The number of aromatic hydroxyl groups is 1. The lowest BCUT2D eigenvalue weighted by Gasteiger charge is -2.29. The highest BCUT2D eigenvalue weighted by atomic mass is 16.5. The van der Waals surface area contributed by atoms with E-state index in [0.29, 0.717) is 39.3 Å². The topological polar surface area (TPSA) is 137 Å². The summed E-state index contributed by atoms with van der Waals surface area (Å²) in [6.07, 6.45) is 0. The van der Waals surface area contributed by atoms with E-state index in [4.69, 9.17) is 29.1 Å². The number of nitrogens with two attached hydrogens (primary N) is 1. The number of allylic oxidation sites excluding steroid dienone is 1. The largest absolute Gasteiger partial charge is 0.507 e. The second-order valence-corrected chi connectivity index (χ2v) is 7.14. The van der Waals surface area contributed by atoms with Gasteiger partial charge in [-0.1, -0.05) is 0 Å². The highest BCUT2D eigenvalue weighted by Crippen LogP contribution is 2.52. The summed E-state index contributed by atoms with van der Waals surface area (Å²) in [6.45, 7) is 1.72. The molecule has 4 rings (SSSR count). The van der Waals surface area contributed by atoms with E-state index in [9.17, 15) is 15.2 Å². The van der Waals surface area contributed by atoms with Crippen LogP contribution in [-0.2, 0) is 0 Å². The molecule has 0 spiro atoms. The van der Waals surface area contributed by atoms with Gasteiger partial charge in [-0.3, -0.25) is 0 Å². The molecule has 0 aliphatic carbocycles. The number of rotatable bonds is 4. The van der Waals surface area contributed by atoms with Gasteiger partial charge < -0.3 is 34.2 Å². The van der Waals surface area contributed by atoms with Crippen molar-refractivity contribution >= 4 is 11.0 Å². The molecule has 1 aromatic heterocycles. The average molecular weight is 436 g/mol. The Morgan fingerprint density at radius 3 is 2.31 bits per heavy atom. The first kappa shape index (κ1) is 20.9. The molecule has 0 bridgehead atoms. The second-order valence-electron chi connectivity index (χ2n) is 7.14. The highest BCUT2D eigenvalue weighted by Gasteiger charge is 2.36. The molecule has 0 fully saturated rings. The summed E-state index contributed by atoms with van der Waals surface area (Å²) in [6, 6.07) is 8.07. The van der Waals surface area contributed by atoms with Gasteiger partial charge in [0.05, 0.1) is 38.2 Å². The lowest BCUT2D eigenvalue weighted by Crippen LogP contribution is -2.22. The average Bonchev–Trinajstić information content (AvgIpc) is 2.76. The van der Waals surface area contributed by atoms with Crippen molar-refractivity contribution in [3.63, 3.8) is 0 Å². The van der Waals surface area contributed by atoms with Crippen LogP contribution in [0, 0.1) is 18.3 Å². The molecular formula is C23H20N2O7. The molecule has 3 N–H and O–H groups in total. The summed E-state index contributed by atoms with van der Waals surface area (Å²) in [5.74, 6) is 0.157. The van der Waals surface area contributed by atoms with Crippen molar-refractivity contribution < 1.29 is 28.5 Å². The minimum absolute atomic E-state index is 0.0939. The fourth-order valence-corrected chi connectivity index (χ4v) is 4.04. The number of nitriles is 1. The summed E-state index contributed by atoms with van der Waals surface area (Å²) in [4.78, 5) is 11.8. The van der Waals surface area contributed by atoms with E-state index < -0.39 is 11.5 Å². The number of hydrogen-bond acceptors (Lipinski definition) is 9. The minimum Gasteiger partial charge on any atom is -0.507 e. The van der Waals surface area contributed by atoms with Crippen LogP contribution in [0.1, 0.15) is 22.6 Å². The first-order valence-electron chi connectivity index (χ1n) is 9.52. The molecule has 9 nitrogen and oxygen atoms in total. The fourth-order valence-electron chi connectivity index (χ4n) is 4.04. The number of aryl methyl sites for hydroxylation is 1. The van der Waals surface area contributed by atoms with Crippen LogP contribution < -0.4 is 30.3 Å². The van der Waals surface area contributed by atoms with Crippen molar-refractivity contribution in [2.75, 3.05) is 21.3 Å². The summed E-state index contributed by atoms with van der Waals surface area (Å²) in [5.41, 5.74) is 7.22. The maximum absolute atomic E-state index is 11.8. The van der Waals surface area contributed by atoms with Gasteiger partial charge in [-0.25, -0.2) is 4.79 Å². The van der Waals surface area contributed by atoms with Crippen LogP contribution in [0.3, 0.4) is 0 Å². The number of phenols is 1. The van der Waals surface area contributed by atoms with Gasteiger partial charge in [0.2, 0.25) is 11.6 Å². The molecule has 32 heavy (non-hydrogen) atoms. The normalized spacial score (nSPS) is 15.0. The monoisotopic (exact) mass is 436 g/mol. The van der Waals surface area contributed by atoms with Crippen LogP contribution in [0.25, 0.3) is 11.0 Å². The minimum atomic E-state index is -0.812. The zero-order valence-electron chi connectivity index (χ0n) is 17.8. The SMILES string of the molecule is COc1cc([C@H]2C(C#N)=C(N)Oc3c2c(O)cc2oc(=O)cc(C)c32)cc(OC)c1OC. The Hall–Kier alpha value is -4.32. The first-order valence-corrected chi connectivity index (χ1v) is 9.52. The summed E-state index contributed by atoms with van der Waals surface area (Å²) in [5, 5.41) is 21.3.